The van der Waals surface area contributed by atoms with Gasteiger partial charge in [0.05, 0.1) is 12.5 Å². The third-order valence-electron chi connectivity index (χ3n) is 3.18. The maximum absolute atomic E-state index is 10.9. The second kappa shape index (κ2) is 5.19. The highest BCUT2D eigenvalue weighted by Crippen LogP contribution is 2.21. The van der Waals surface area contributed by atoms with Gasteiger partial charge in [-0.15, -0.1) is 0 Å². The molecule has 0 bridgehead atoms. The zero-order valence-electron chi connectivity index (χ0n) is 10.0. The molecule has 0 aliphatic carbocycles. The first kappa shape index (κ1) is 11.9. The van der Waals surface area contributed by atoms with Gasteiger partial charge in [0.1, 0.15) is 0 Å². The van der Waals surface area contributed by atoms with Gasteiger partial charge in [-0.1, -0.05) is 18.2 Å². The van der Waals surface area contributed by atoms with Gasteiger partial charge in [0.25, 0.3) is 0 Å². The summed E-state index contributed by atoms with van der Waals surface area (Å²) in [6.45, 7) is 2.67. The number of anilines is 1. The van der Waals surface area contributed by atoms with E-state index in [2.05, 4.69) is 9.80 Å². The summed E-state index contributed by atoms with van der Waals surface area (Å²) in [5, 5.41) is 8.97. The van der Waals surface area contributed by atoms with Crippen molar-refractivity contribution in [1.29, 1.82) is 0 Å². The van der Waals surface area contributed by atoms with E-state index in [0.717, 1.165) is 25.3 Å². The molecule has 1 aliphatic heterocycles. The maximum Gasteiger partial charge on any atom is 0.305 e. The van der Waals surface area contributed by atoms with Crippen molar-refractivity contribution in [2.24, 2.45) is 0 Å². The Labute approximate surface area is 101 Å². The number of likely N-dealkylation sites (N-methyl/N-ethyl adjacent to an activating group) is 1. The lowest BCUT2D eigenvalue weighted by Gasteiger charge is -2.41. The van der Waals surface area contributed by atoms with E-state index in [9.17, 15) is 4.79 Å². The molecule has 0 unspecified atom stereocenters. The van der Waals surface area contributed by atoms with E-state index in [1.54, 1.807) is 0 Å². The molecule has 1 aliphatic rings. The highest BCUT2D eigenvalue weighted by Gasteiger charge is 2.27. The van der Waals surface area contributed by atoms with Crippen molar-refractivity contribution in [3.05, 3.63) is 30.3 Å². The fourth-order valence-corrected chi connectivity index (χ4v) is 2.35. The molecule has 0 spiro atoms. The molecule has 1 heterocycles. The van der Waals surface area contributed by atoms with Crippen molar-refractivity contribution in [3.63, 3.8) is 0 Å². The van der Waals surface area contributed by atoms with Crippen LogP contribution in [-0.2, 0) is 4.79 Å². The first-order valence-corrected chi connectivity index (χ1v) is 5.89. The van der Waals surface area contributed by atoms with Crippen molar-refractivity contribution >= 4 is 11.7 Å². The van der Waals surface area contributed by atoms with Crippen LogP contribution < -0.4 is 4.90 Å². The Morgan fingerprint density at radius 2 is 2.06 bits per heavy atom. The third kappa shape index (κ3) is 2.97. The van der Waals surface area contributed by atoms with Gasteiger partial charge in [0.15, 0.2) is 0 Å². The normalized spacial score (nSPS) is 21.5. The van der Waals surface area contributed by atoms with E-state index in [-0.39, 0.29) is 12.5 Å². The Hall–Kier alpha value is -1.55. The van der Waals surface area contributed by atoms with Crippen molar-refractivity contribution in [2.75, 3.05) is 31.6 Å². The Morgan fingerprint density at radius 3 is 2.71 bits per heavy atom. The monoisotopic (exact) mass is 234 g/mol. The number of para-hydroxylation sites is 1. The summed E-state index contributed by atoms with van der Waals surface area (Å²) in [6, 6.07) is 10.1. The average Bonchev–Trinajstić information content (AvgIpc) is 2.29. The van der Waals surface area contributed by atoms with Gasteiger partial charge in [-0.3, -0.25) is 4.79 Å². The number of piperazine rings is 1. The number of carboxylic acids is 1. The lowest BCUT2D eigenvalue weighted by Crippen LogP contribution is -2.52. The molecule has 0 saturated carbocycles. The number of carboxylic acid groups (broad SMARTS) is 1. The molecule has 17 heavy (non-hydrogen) atoms. The van der Waals surface area contributed by atoms with Crippen molar-refractivity contribution in [3.8, 4) is 0 Å². The molecule has 1 aromatic carbocycles. The molecule has 1 aromatic rings. The molecule has 0 amide bonds. The first-order chi connectivity index (χ1) is 8.16. The lowest BCUT2D eigenvalue weighted by atomic mass is 10.1. The number of rotatable bonds is 3. The zero-order valence-corrected chi connectivity index (χ0v) is 10.0. The van der Waals surface area contributed by atoms with E-state index in [4.69, 9.17) is 5.11 Å². The smallest absolute Gasteiger partial charge is 0.305 e. The highest BCUT2D eigenvalue weighted by atomic mass is 16.4. The summed E-state index contributed by atoms with van der Waals surface area (Å²) in [5.41, 5.74) is 1.12. The highest BCUT2D eigenvalue weighted by molar-refractivity contribution is 5.68. The van der Waals surface area contributed by atoms with Gasteiger partial charge in [-0.05, 0) is 19.2 Å². The Morgan fingerprint density at radius 1 is 1.35 bits per heavy atom. The Bertz CT molecular complexity index is 380. The van der Waals surface area contributed by atoms with Crippen LogP contribution >= 0.6 is 0 Å². The molecule has 92 valence electrons. The van der Waals surface area contributed by atoms with Crippen LogP contribution in [0.15, 0.2) is 30.3 Å². The molecule has 1 fully saturated rings. The molecule has 1 N–H and O–H groups in total. The van der Waals surface area contributed by atoms with Gasteiger partial charge in [0, 0.05) is 25.3 Å². The number of nitrogens with zero attached hydrogens (tertiary/aromatic N) is 2. The first-order valence-electron chi connectivity index (χ1n) is 5.89. The second-order valence-electron chi connectivity index (χ2n) is 4.54. The minimum Gasteiger partial charge on any atom is -0.481 e. The molecule has 2 rings (SSSR count). The molecule has 0 aromatic heterocycles. The molecular weight excluding hydrogens is 216 g/mol. The van der Waals surface area contributed by atoms with Crippen molar-refractivity contribution in [2.45, 2.75) is 12.5 Å². The summed E-state index contributed by atoms with van der Waals surface area (Å²) < 4.78 is 0. The molecular formula is C13H18N2O2. The topological polar surface area (TPSA) is 43.8 Å². The van der Waals surface area contributed by atoms with Crippen LogP contribution in [0.3, 0.4) is 0 Å². The summed E-state index contributed by atoms with van der Waals surface area (Å²) in [5.74, 6) is -0.730. The fourth-order valence-electron chi connectivity index (χ4n) is 2.35. The summed E-state index contributed by atoms with van der Waals surface area (Å²) in [7, 11) is 2.04. The molecule has 4 heteroatoms. The van der Waals surface area contributed by atoms with Gasteiger partial charge in [0.2, 0.25) is 0 Å². The van der Waals surface area contributed by atoms with Gasteiger partial charge in [-0.2, -0.15) is 0 Å². The maximum atomic E-state index is 10.9. The van der Waals surface area contributed by atoms with Crippen LogP contribution in [0.5, 0.6) is 0 Å². The standard InChI is InChI=1S/C13H18N2O2/c1-14-7-8-15(11-5-3-2-4-6-11)12(10-14)9-13(16)17/h2-6,12H,7-10H2,1H3,(H,16,17)/t12-/m0/s1. The van der Waals surface area contributed by atoms with Gasteiger partial charge >= 0.3 is 5.97 Å². The number of benzene rings is 1. The minimum atomic E-state index is -0.730. The van der Waals surface area contributed by atoms with Crippen LogP contribution in [0.4, 0.5) is 5.69 Å². The lowest BCUT2D eigenvalue weighted by molar-refractivity contribution is -0.137. The number of hydrogen-bond donors (Lipinski definition) is 1. The number of hydrogen-bond acceptors (Lipinski definition) is 3. The Kier molecular flexibility index (Phi) is 3.64. The van der Waals surface area contributed by atoms with Gasteiger partial charge < -0.3 is 14.9 Å². The summed E-state index contributed by atoms with van der Waals surface area (Å²) in [6.07, 6.45) is 0.194. The number of carbonyl (C=O) groups is 1. The molecule has 4 nitrogen and oxygen atoms in total. The molecule has 1 atom stereocenters. The second-order valence-corrected chi connectivity index (χ2v) is 4.54. The van der Waals surface area contributed by atoms with Gasteiger partial charge in [-0.25, -0.2) is 0 Å². The van der Waals surface area contributed by atoms with Crippen LogP contribution in [0.1, 0.15) is 6.42 Å². The predicted octanol–water partition coefficient (Wildman–Crippen LogP) is 1.28. The fraction of sp³-hybridized carbons (Fsp3) is 0.462. The number of aliphatic carboxylic acids is 1. The van der Waals surface area contributed by atoms with Crippen LogP contribution in [0.25, 0.3) is 0 Å². The van der Waals surface area contributed by atoms with Crippen LogP contribution in [0, 0.1) is 0 Å². The average molecular weight is 234 g/mol. The van der Waals surface area contributed by atoms with Crippen LogP contribution in [-0.4, -0.2) is 48.7 Å². The van der Waals surface area contributed by atoms with Crippen LogP contribution in [0.2, 0.25) is 0 Å². The zero-order chi connectivity index (χ0) is 12.3. The van der Waals surface area contributed by atoms with Crippen molar-refractivity contribution in [1.82, 2.24) is 4.90 Å². The van der Waals surface area contributed by atoms with Crippen molar-refractivity contribution < 1.29 is 9.90 Å². The van der Waals surface area contributed by atoms with E-state index in [1.165, 1.54) is 0 Å². The van der Waals surface area contributed by atoms with E-state index in [0.29, 0.717) is 0 Å². The summed E-state index contributed by atoms with van der Waals surface area (Å²) in [4.78, 5) is 15.3. The largest absolute Gasteiger partial charge is 0.481 e. The van der Waals surface area contributed by atoms with E-state index >= 15 is 0 Å². The van der Waals surface area contributed by atoms with E-state index < -0.39 is 5.97 Å². The predicted molar refractivity (Wildman–Crippen MR) is 67.3 cm³/mol. The summed E-state index contributed by atoms with van der Waals surface area (Å²) >= 11 is 0. The molecule has 0 radical (unpaired) electrons. The van der Waals surface area contributed by atoms with E-state index in [1.807, 2.05) is 37.4 Å². The SMILES string of the molecule is CN1CCN(c2ccccc2)[C@@H](CC(=O)O)C1. The third-order valence-corrected chi connectivity index (χ3v) is 3.18. The molecule has 1 saturated heterocycles. The Balaban J connectivity index is 2.15. The minimum absolute atomic E-state index is 0.0636. The quantitative estimate of drug-likeness (QED) is 0.855.